The van der Waals surface area contributed by atoms with Crippen LogP contribution in [0.5, 0.6) is 0 Å². The van der Waals surface area contributed by atoms with Crippen molar-refractivity contribution < 1.29 is 14.7 Å². The van der Waals surface area contributed by atoms with Crippen LogP contribution in [0.2, 0.25) is 0 Å². The smallest absolute Gasteiger partial charge is 0.407 e. The lowest BCUT2D eigenvalue weighted by Crippen LogP contribution is -2.54. The number of nitrogens with one attached hydrogen (secondary N) is 1. The van der Waals surface area contributed by atoms with E-state index in [0.717, 1.165) is 19.3 Å². The maximum atomic E-state index is 11.5. The molecule has 2 unspecified atom stereocenters. The third-order valence-corrected chi connectivity index (χ3v) is 5.93. The summed E-state index contributed by atoms with van der Waals surface area (Å²) in [7, 11) is 0. The molecule has 0 spiro atoms. The van der Waals surface area contributed by atoms with Gasteiger partial charge < -0.3 is 15.3 Å². The minimum atomic E-state index is -0.867. The number of hydrogen-bond acceptors (Lipinski definition) is 3. The van der Waals surface area contributed by atoms with Gasteiger partial charge in [0.25, 0.3) is 0 Å². The second-order valence-corrected chi connectivity index (χ2v) is 7.98. The molecular weight excluding hydrogens is 288 g/mol. The molecule has 0 saturated carbocycles. The summed E-state index contributed by atoms with van der Waals surface area (Å²) in [5, 5.41) is 14.4. The molecule has 2 amide bonds. The Morgan fingerprint density at radius 3 is 2.76 bits per heavy atom. The van der Waals surface area contributed by atoms with Gasteiger partial charge in [-0.15, -0.1) is 11.8 Å². The van der Waals surface area contributed by atoms with Gasteiger partial charge in [0.1, 0.15) is 0 Å². The molecule has 118 valence electrons. The van der Waals surface area contributed by atoms with Gasteiger partial charge in [-0.25, -0.2) is 4.79 Å². The van der Waals surface area contributed by atoms with Crippen molar-refractivity contribution in [3.8, 4) is 0 Å². The van der Waals surface area contributed by atoms with Crippen molar-refractivity contribution in [3.05, 3.63) is 11.0 Å². The summed E-state index contributed by atoms with van der Waals surface area (Å²) in [6.45, 7) is 9.09. The van der Waals surface area contributed by atoms with E-state index in [-0.39, 0.29) is 22.2 Å². The first-order chi connectivity index (χ1) is 9.72. The lowest BCUT2D eigenvalue weighted by Gasteiger charge is -2.45. The highest BCUT2D eigenvalue weighted by Crippen LogP contribution is 2.56. The van der Waals surface area contributed by atoms with Crippen molar-refractivity contribution in [2.45, 2.75) is 52.0 Å². The highest BCUT2D eigenvalue weighted by atomic mass is 32.2. The number of amides is 2. The molecule has 0 bridgehead atoms. The van der Waals surface area contributed by atoms with Crippen LogP contribution in [-0.4, -0.2) is 40.5 Å². The van der Waals surface area contributed by atoms with Crippen LogP contribution in [0, 0.1) is 10.8 Å². The number of hydrogen-bond donors (Lipinski definition) is 2. The molecule has 3 atom stereocenters. The Kier molecular flexibility index (Phi) is 4.29. The summed E-state index contributed by atoms with van der Waals surface area (Å²) in [6.07, 6.45) is 1.57. The molecule has 21 heavy (non-hydrogen) atoms. The SMILES string of the molecule is CC(C)(C)C1=CS[C@H](NC=O)C1(C)C1CCCN1C(=O)O. The Labute approximate surface area is 130 Å². The molecule has 2 heterocycles. The van der Waals surface area contributed by atoms with Crippen molar-refractivity contribution in [3.63, 3.8) is 0 Å². The molecule has 6 heteroatoms. The van der Waals surface area contributed by atoms with E-state index in [0.29, 0.717) is 6.54 Å². The van der Waals surface area contributed by atoms with Crippen molar-refractivity contribution in [1.29, 1.82) is 0 Å². The maximum absolute atomic E-state index is 11.5. The minimum Gasteiger partial charge on any atom is -0.465 e. The lowest BCUT2D eigenvalue weighted by molar-refractivity contribution is -0.110. The van der Waals surface area contributed by atoms with Gasteiger partial charge in [0.2, 0.25) is 6.41 Å². The first-order valence-corrected chi connectivity index (χ1v) is 8.23. The van der Waals surface area contributed by atoms with E-state index in [9.17, 15) is 14.7 Å². The van der Waals surface area contributed by atoms with E-state index in [2.05, 4.69) is 38.4 Å². The Hall–Kier alpha value is -1.17. The monoisotopic (exact) mass is 312 g/mol. The molecule has 2 aliphatic rings. The predicted molar refractivity (Wildman–Crippen MR) is 84.0 cm³/mol. The van der Waals surface area contributed by atoms with Crippen molar-refractivity contribution in [2.75, 3.05) is 6.54 Å². The number of rotatable bonds is 3. The van der Waals surface area contributed by atoms with Crippen LogP contribution in [0.3, 0.4) is 0 Å². The summed E-state index contributed by atoms with van der Waals surface area (Å²) < 4.78 is 0. The molecule has 2 aliphatic heterocycles. The van der Waals surface area contributed by atoms with E-state index in [1.807, 2.05) is 0 Å². The average molecular weight is 312 g/mol. The molecule has 1 fully saturated rings. The highest BCUT2D eigenvalue weighted by Gasteiger charge is 2.54. The summed E-state index contributed by atoms with van der Waals surface area (Å²) in [6, 6.07) is -0.0899. The van der Waals surface area contributed by atoms with Crippen molar-refractivity contribution >= 4 is 24.3 Å². The average Bonchev–Trinajstić information content (AvgIpc) is 2.95. The van der Waals surface area contributed by atoms with Gasteiger partial charge in [0.15, 0.2) is 0 Å². The predicted octanol–water partition coefficient (Wildman–Crippen LogP) is 2.88. The molecule has 0 aliphatic carbocycles. The van der Waals surface area contributed by atoms with E-state index in [1.165, 1.54) is 5.57 Å². The maximum Gasteiger partial charge on any atom is 0.407 e. The van der Waals surface area contributed by atoms with Gasteiger partial charge in [-0.1, -0.05) is 27.7 Å². The minimum absolute atomic E-state index is 0.0617. The van der Waals surface area contributed by atoms with Crippen molar-refractivity contribution in [2.24, 2.45) is 10.8 Å². The third kappa shape index (κ3) is 2.65. The van der Waals surface area contributed by atoms with Gasteiger partial charge >= 0.3 is 6.09 Å². The molecular formula is C15H24N2O3S. The number of nitrogens with zero attached hydrogens (tertiary/aromatic N) is 1. The highest BCUT2D eigenvalue weighted by molar-refractivity contribution is 8.03. The first-order valence-electron chi connectivity index (χ1n) is 7.28. The van der Waals surface area contributed by atoms with Crippen LogP contribution in [-0.2, 0) is 4.79 Å². The van der Waals surface area contributed by atoms with Gasteiger partial charge in [-0.05, 0) is 29.2 Å². The number of likely N-dealkylation sites (tertiary alicyclic amines) is 1. The molecule has 0 aromatic carbocycles. The fourth-order valence-corrected chi connectivity index (χ4v) is 5.36. The number of carboxylic acid groups (broad SMARTS) is 1. The first kappa shape index (κ1) is 16.2. The van der Waals surface area contributed by atoms with Gasteiger partial charge in [-0.2, -0.15) is 0 Å². The van der Waals surface area contributed by atoms with Gasteiger partial charge in [-0.3, -0.25) is 4.79 Å². The summed E-state index contributed by atoms with van der Waals surface area (Å²) in [5.74, 6) is 0. The molecule has 0 aromatic rings. The standard InChI is InChI=1S/C15H24N2O3S/c1-14(2,3)10-8-21-12(16-9-18)15(10,4)11-6-5-7-17(11)13(19)20/h8-9,11-12H,5-7H2,1-4H3,(H,16,18)(H,19,20)/t11?,12-,15?/m0/s1. The lowest BCUT2D eigenvalue weighted by atomic mass is 9.66. The van der Waals surface area contributed by atoms with Crippen molar-refractivity contribution in [1.82, 2.24) is 10.2 Å². The Morgan fingerprint density at radius 1 is 1.57 bits per heavy atom. The number of carbonyl (C=O) groups excluding carboxylic acids is 1. The Balaban J connectivity index is 2.43. The van der Waals surface area contributed by atoms with Crippen LogP contribution in [0.4, 0.5) is 4.79 Å². The largest absolute Gasteiger partial charge is 0.465 e. The second-order valence-electron chi connectivity index (χ2n) is 7.00. The quantitative estimate of drug-likeness (QED) is 0.786. The van der Waals surface area contributed by atoms with Gasteiger partial charge in [0, 0.05) is 18.0 Å². The normalized spacial score (nSPS) is 33.0. The van der Waals surface area contributed by atoms with Gasteiger partial charge in [0.05, 0.1) is 5.37 Å². The second kappa shape index (κ2) is 5.55. The molecule has 0 radical (unpaired) electrons. The molecule has 1 saturated heterocycles. The van der Waals surface area contributed by atoms with Crippen LogP contribution in [0.1, 0.15) is 40.5 Å². The Bertz CT molecular complexity index is 472. The van der Waals surface area contributed by atoms with E-state index in [1.54, 1.807) is 16.7 Å². The van der Waals surface area contributed by atoms with Crippen LogP contribution in [0.15, 0.2) is 11.0 Å². The van der Waals surface area contributed by atoms with E-state index in [4.69, 9.17) is 0 Å². The Morgan fingerprint density at radius 2 is 2.24 bits per heavy atom. The number of carbonyl (C=O) groups is 2. The zero-order valence-electron chi connectivity index (χ0n) is 13.0. The number of thioether (sulfide) groups is 1. The van der Waals surface area contributed by atoms with E-state index >= 15 is 0 Å². The van der Waals surface area contributed by atoms with Crippen LogP contribution < -0.4 is 5.32 Å². The summed E-state index contributed by atoms with van der Waals surface area (Å²) >= 11 is 1.59. The topological polar surface area (TPSA) is 69.6 Å². The molecule has 5 nitrogen and oxygen atoms in total. The fraction of sp³-hybridized carbons (Fsp3) is 0.733. The van der Waals surface area contributed by atoms with E-state index < -0.39 is 6.09 Å². The van der Waals surface area contributed by atoms with Crippen LogP contribution >= 0.6 is 11.8 Å². The molecule has 2 N–H and O–H groups in total. The zero-order chi connectivity index (χ0) is 15.8. The summed E-state index contributed by atoms with van der Waals surface area (Å²) in [5.41, 5.74) is 0.782. The molecule has 0 aromatic heterocycles. The summed E-state index contributed by atoms with van der Waals surface area (Å²) in [4.78, 5) is 24.0. The fourth-order valence-electron chi connectivity index (χ4n) is 3.78. The van der Waals surface area contributed by atoms with Crippen LogP contribution in [0.25, 0.3) is 0 Å². The molecule has 2 rings (SSSR count). The zero-order valence-corrected chi connectivity index (χ0v) is 13.9. The third-order valence-electron chi connectivity index (χ3n) is 4.67.